The Morgan fingerprint density at radius 1 is 1.53 bits per heavy atom. The highest BCUT2D eigenvalue weighted by molar-refractivity contribution is 6.30. The van der Waals surface area contributed by atoms with Crippen LogP contribution in [-0.2, 0) is 4.74 Å². The topological polar surface area (TPSA) is 54.5 Å². The minimum absolute atomic E-state index is 0.321. The Bertz CT molecular complexity index is 473. The van der Waals surface area contributed by atoms with Crippen molar-refractivity contribution in [2.24, 2.45) is 0 Å². The fourth-order valence-corrected chi connectivity index (χ4v) is 2.36. The molecule has 1 saturated heterocycles. The third kappa shape index (κ3) is 3.16. The molecule has 6 heteroatoms. The minimum Gasteiger partial charge on any atom is -0.462 e. The highest BCUT2D eigenvalue weighted by Crippen LogP contribution is 2.25. The van der Waals surface area contributed by atoms with Crippen molar-refractivity contribution in [2.45, 2.75) is 13.8 Å². The Morgan fingerprint density at radius 3 is 2.84 bits per heavy atom. The molecule has 2 rings (SSSR count). The second-order valence-corrected chi connectivity index (χ2v) is 4.79. The SMILES string of the molecule is CCOC(=O)c1cc(Cl)nc(N2CCNCC2)c1C. The Morgan fingerprint density at radius 2 is 2.21 bits per heavy atom. The van der Waals surface area contributed by atoms with Gasteiger partial charge in [-0.05, 0) is 19.9 Å². The van der Waals surface area contributed by atoms with Gasteiger partial charge in [0.15, 0.2) is 0 Å². The molecule has 2 heterocycles. The largest absolute Gasteiger partial charge is 0.462 e. The van der Waals surface area contributed by atoms with Crippen LogP contribution in [0.3, 0.4) is 0 Å². The van der Waals surface area contributed by atoms with Gasteiger partial charge in [-0.3, -0.25) is 0 Å². The zero-order valence-electron chi connectivity index (χ0n) is 11.2. The molecule has 1 aliphatic rings. The first-order valence-corrected chi connectivity index (χ1v) is 6.81. The molecule has 19 heavy (non-hydrogen) atoms. The van der Waals surface area contributed by atoms with Gasteiger partial charge in [0.1, 0.15) is 11.0 Å². The summed E-state index contributed by atoms with van der Waals surface area (Å²) in [7, 11) is 0. The summed E-state index contributed by atoms with van der Waals surface area (Å²) in [5.41, 5.74) is 1.32. The van der Waals surface area contributed by atoms with Gasteiger partial charge in [0.2, 0.25) is 0 Å². The number of halogens is 1. The van der Waals surface area contributed by atoms with Crippen LogP contribution in [0, 0.1) is 6.92 Å². The van der Waals surface area contributed by atoms with Gasteiger partial charge in [-0.2, -0.15) is 0 Å². The lowest BCUT2D eigenvalue weighted by Crippen LogP contribution is -2.44. The zero-order chi connectivity index (χ0) is 13.8. The van der Waals surface area contributed by atoms with E-state index in [-0.39, 0.29) is 5.97 Å². The van der Waals surface area contributed by atoms with E-state index in [0.717, 1.165) is 37.6 Å². The van der Waals surface area contributed by atoms with Crippen molar-refractivity contribution < 1.29 is 9.53 Å². The van der Waals surface area contributed by atoms with Gasteiger partial charge < -0.3 is 15.0 Å². The summed E-state index contributed by atoms with van der Waals surface area (Å²) in [6.45, 7) is 7.54. The van der Waals surface area contributed by atoms with Crippen molar-refractivity contribution in [1.29, 1.82) is 0 Å². The van der Waals surface area contributed by atoms with Crippen molar-refractivity contribution in [1.82, 2.24) is 10.3 Å². The number of aromatic nitrogens is 1. The van der Waals surface area contributed by atoms with Crippen LogP contribution < -0.4 is 10.2 Å². The van der Waals surface area contributed by atoms with Crippen LogP contribution in [0.4, 0.5) is 5.82 Å². The van der Waals surface area contributed by atoms with Crippen LogP contribution in [0.15, 0.2) is 6.07 Å². The number of nitrogens with zero attached hydrogens (tertiary/aromatic N) is 2. The number of ether oxygens (including phenoxy) is 1. The maximum Gasteiger partial charge on any atom is 0.338 e. The van der Waals surface area contributed by atoms with E-state index in [2.05, 4.69) is 15.2 Å². The summed E-state index contributed by atoms with van der Waals surface area (Å²) < 4.78 is 5.05. The number of hydrogen-bond donors (Lipinski definition) is 1. The molecule has 1 aromatic rings. The van der Waals surface area contributed by atoms with E-state index in [4.69, 9.17) is 16.3 Å². The molecule has 1 N–H and O–H groups in total. The molecule has 104 valence electrons. The average molecular weight is 284 g/mol. The smallest absolute Gasteiger partial charge is 0.338 e. The maximum absolute atomic E-state index is 11.9. The molecule has 1 aromatic heterocycles. The van der Waals surface area contributed by atoms with Gasteiger partial charge in [-0.25, -0.2) is 9.78 Å². The number of nitrogens with one attached hydrogen (secondary N) is 1. The van der Waals surface area contributed by atoms with Gasteiger partial charge in [-0.15, -0.1) is 0 Å². The summed E-state index contributed by atoms with van der Waals surface area (Å²) in [6, 6.07) is 1.57. The molecular formula is C13H18ClN3O2. The average Bonchev–Trinajstić information content (AvgIpc) is 2.42. The van der Waals surface area contributed by atoms with Crippen molar-refractivity contribution in [3.05, 3.63) is 22.3 Å². The predicted octanol–water partition coefficient (Wildman–Crippen LogP) is 1.63. The lowest BCUT2D eigenvalue weighted by molar-refractivity contribution is 0.0525. The number of pyridine rings is 1. The molecule has 0 unspecified atom stereocenters. The zero-order valence-corrected chi connectivity index (χ0v) is 12.0. The number of anilines is 1. The first-order chi connectivity index (χ1) is 9.13. The van der Waals surface area contributed by atoms with Gasteiger partial charge >= 0.3 is 5.97 Å². The van der Waals surface area contributed by atoms with E-state index >= 15 is 0 Å². The van der Waals surface area contributed by atoms with Crippen LogP contribution >= 0.6 is 11.6 Å². The second-order valence-electron chi connectivity index (χ2n) is 4.40. The Kier molecular flexibility index (Phi) is 4.61. The molecule has 5 nitrogen and oxygen atoms in total. The number of carbonyl (C=O) groups excluding carboxylic acids is 1. The number of rotatable bonds is 3. The Balaban J connectivity index is 2.35. The fourth-order valence-electron chi connectivity index (χ4n) is 2.17. The molecule has 1 aliphatic heterocycles. The molecule has 0 radical (unpaired) electrons. The summed E-state index contributed by atoms with van der Waals surface area (Å²) in [4.78, 5) is 18.4. The Hall–Kier alpha value is -1.33. The first kappa shape index (κ1) is 14.1. The highest BCUT2D eigenvalue weighted by atomic mass is 35.5. The van der Waals surface area contributed by atoms with Crippen molar-refractivity contribution in [3.63, 3.8) is 0 Å². The number of carbonyl (C=O) groups is 1. The maximum atomic E-state index is 11.9. The van der Waals surface area contributed by atoms with Crippen LogP contribution in [0.2, 0.25) is 5.15 Å². The van der Waals surface area contributed by atoms with Crippen LogP contribution in [-0.4, -0.2) is 43.7 Å². The Labute approximate surface area is 117 Å². The van der Waals surface area contributed by atoms with Crippen LogP contribution in [0.1, 0.15) is 22.8 Å². The summed E-state index contributed by atoms with van der Waals surface area (Å²) in [5.74, 6) is 0.428. The van der Waals surface area contributed by atoms with Crippen LogP contribution in [0.25, 0.3) is 0 Å². The number of hydrogen-bond acceptors (Lipinski definition) is 5. The van der Waals surface area contributed by atoms with E-state index in [1.165, 1.54) is 0 Å². The molecule has 0 amide bonds. The lowest BCUT2D eigenvalue weighted by atomic mass is 10.1. The minimum atomic E-state index is -0.347. The normalized spacial score (nSPS) is 15.4. The van der Waals surface area contributed by atoms with Gasteiger partial charge in [0.25, 0.3) is 0 Å². The summed E-state index contributed by atoms with van der Waals surface area (Å²) in [6.07, 6.45) is 0. The monoisotopic (exact) mass is 283 g/mol. The van der Waals surface area contributed by atoms with Gasteiger partial charge in [0, 0.05) is 31.7 Å². The van der Waals surface area contributed by atoms with Crippen LogP contribution in [0.5, 0.6) is 0 Å². The fraction of sp³-hybridized carbons (Fsp3) is 0.538. The van der Waals surface area contributed by atoms with E-state index in [1.807, 2.05) is 6.92 Å². The van der Waals surface area contributed by atoms with E-state index in [0.29, 0.717) is 17.3 Å². The van der Waals surface area contributed by atoms with Crippen molar-refractivity contribution in [3.8, 4) is 0 Å². The molecule has 0 spiro atoms. The van der Waals surface area contributed by atoms with Gasteiger partial charge in [0.05, 0.1) is 12.2 Å². The molecule has 0 aliphatic carbocycles. The quantitative estimate of drug-likeness (QED) is 0.675. The third-order valence-corrected chi connectivity index (χ3v) is 3.32. The second kappa shape index (κ2) is 6.21. The number of piperazine rings is 1. The van der Waals surface area contributed by atoms with Crippen molar-refractivity contribution in [2.75, 3.05) is 37.7 Å². The predicted molar refractivity (Wildman–Crippen MR) is 75.0 cm³/mol. The third-order valence-electron chi connectivity index (χ3n) is 3.13. The molecule has 0 aromatic carbocycles. The number of esters is 1. The molecular weight excluding hydrogens is 266 g/mol. The van der Waals surface area contributed by atoms with E-state index < -0.39 is 0 Å². The summed E-state index contributed by atoms with van der Waals surface area (Å²) in [5, 5.41) is 3.60. The molecule has 1 fully saturated rings. The lowest BCUT2D eigenvalue weighted by Gasteiger charge is -2.30. The first-order valence-electron chi connectivity index (χ1n) is 6.43. The highest BCUT2D eigenvalue weighted by Gasteiger charge is 2.20. The molecule has 0 bridgehead atoms. The molecule has 0 atom stereocenters. The van der Waals surface area contributed by atoms with Crippen molar-refractivity contribution >= 4 is 23.4 Å². The van der Waals surface area contributed by atoms with E-state index in [1.54, 1.807) is 13.0 Å². The summed E-state index contributed by atoms with van der Waals surface area (Å²) >= 11 is 6.02. The van der Waals surface area contributed by atoms with E-state index in [9.17, 15) is 4.79 Å². The van der Waals surface area contributed by atoms with Gasteiger partial charge in [-0.1, -0.05) is 11.6 Å². The molecule has 0 saturated carbocycles. The standard InChI is InChI=1S/C13H18ClN3O2/c1-3-19-13(18)10-8-11(14)16-12(9(10)2)17-6-4-15-5-7-17/h8,15H,3-7H2,1-2H3.